The van der Waals surface area contributed by atoms with Gasteiger partial charge in [-0.2, -0.15) is 0 Å². The van der Waals surface area contributed by atoms with Crippen molar-refractivity contribution in [2.75, 3.05) is 5.73 Å². The average molecular weight is 138 g/mol. The minimum Gasteiger partial charge on any atom is -0.368 e. The molecule has 0 fully saturated rings. The van der Waals surface area contributed by atoms with Crippen LogP contribution in [0.3, 0.4) is 0 Å². The van der Waals surface area contributed by atoms with Gasteiger partial charge in [-0.15, -0.1) is 0 Å². The fraction of sp³-hybridized carbons (Fsp3) is 0.333. The minimum atomic E-state index is 0.292. The van der Waals surface area contributed by atoms with E-state index >= 15 is 0 Å². The Morgan fingerprint density at radius 3 is 2.70 bits per heavy atom. The molecule has 0 aliphatic rings. The Hall–Kier alpha value is -1.16. The zero-order valence-electron chi connectivity index (χ0n) is 5.83. The number of anilines is 1. The van der Waals surface area contributed by atoms with Gasteiger partial charge in [0.2, 0.25) is 5.95 Å². The van der Waals surface area contributed by atoms with Gasteiger partial charge in [0.25, 0.3) is 0 Å². The summed E-state index contributed by atoms with van der Waals surface area (Å²) in [5, 5.41) is 0. The maximum absolute atomic E-state index is 5.36. The molecule has 0 amide bonds. The fourth-order valence-electron chi connectivity index (χ4n) is 0.763. The van der Waals surface area contributed by atoms with Gasteiger partial charge < -0.3 is 11.5 Å². The van der Waals surface area contributed by atoms with Crippen LogP contribution in [0, 0.1) is 6.92 Å². The molecular formula is C6H10N4. The lowest BCUT2D eigenvalue weighted by Crippen LogP contribution is -2.04. The van der Waals surface area contributed by atoms with E-state index in [2.05, 4.69) is 9.97 Å². The molecule has 4 heteroatoms. The molecular weight excluding hydrogens is 128 g/mol. The lowest BCUT2D eigenvalue weighted by molar-refractivity contribution is 0.957. The topological polar surface area (TPSA) is 77.8 Å². The second-order valence-corrected chi connectivity index (χ2v) is 2.06. The van der Waals surface area contributed by atoms with Gasteiger partial charge in [-0.05, 0) is 13.0 Å². The summed E-state index contributed by atoms with van der Waals surface area (Å²) in [6, 6.07) is 1.82. The van der Waals surface area contributed by atoms with Crippen molar-refractivity contribution < 1.29 is 0 Å². The Kier molecular flexibility index (Phi) is 1.82. The maximum Gasteiger partial charge on any atom is 0.220 e. The maximum atomic E-state index is 5.36. The molecule has 10 heavy (non-hydrogen) atoms. The van der Waals surface area contributed by atoms with E-state index in [-0.39, 0.29) is 0 Å². The second kappa shape index (κ2) is 2.62. The zero-order chi connectivity index (χ0) is 7.56. The van der Waals surface area contributed by atoms with Crippen molar-refractivity contribution in [1.29, 1.82) is 0 Å². The molecule has 0 saturated heterocycles. The molecule has 1 aromatic rings. The van der Waals surface area contributed by atoms with Gasteiger partial charge in [0.05, 0.1) is 5.69 Å². The van der Waals surface area contributed by atoms with Crippen LogP contribution in [-0.2, 0) is 6.54 Å². The van der Waals surface area contributed by atoms with E-state index in [9.17, 15) is 0 Å². The highest BCUT2D eigenvalue weighted by Gasteiger charge is 1.94. The number of hydrogen-bond acceptors (Lipinski definition) is 4. The molecule has 0 atom stereocenters. The third-order valence-electron chi connectivity index (χ3n) is 1.13. The summed E-state index contributed by atoms with van der Waals surface area (Å²) in [5.41, 5.74) is 12.3. The fourth-order valence-corrected chi connectivity index (χ4v) is 0.763. The predicted octanol–water partition coefficient (Wildman–Crippen LogP) is -0.174. The van der Waals surface area contributed by atoms with Crippen molar-refractivity contribution in [3.05, 3.63) is 17.5 Å². The molecule has 0 aliphatic carbocycles. The van der Waals surface area contributed by atoms with Gasteiger partial charge in [0.15, 0.2) is 0 Å². The summed E-state index contributed by atoms with van der Waals surface area (Å²) in [6.45, 7) is 2.27. The van der Waals surface area contributed by atoms with Crippen molar-refractivity contribution in [2.24, 2.45) is 5.73 Å². The van der Waals surface area contributed by atoms with Crippen molar-refractivity contribution in [3.8, 4) is 0 Å². The van der Waals surface area contributed by atoms with Crippen LogP contribution in [0.25, 0.3) is 0 Å². The number of nitrogen functional groups attached to an aromatic ring is 1. The first-order valence-corrected chi connectivity index (χ1v) is 3.02. The Balaban J connectivity index is 3.06. The Morgan fingerprint density at radius 1 is 1.50 bits per heavy atom. The lowest BCUT2D eigenvalue weighted by atomic mass is 10.3. The summed E-state index contributed by atoms with van der Waals surface area (Å²) < 4.78 is 0. The Morgan fingerprint density at radius 2 is 2.20 bits per heavy atom. The van der Waals surface area contributed by atoms with Crippen LogP contribution < -0.4 is 11.5 Å². The van der Waals surface area contributed by atoms with Gasteiger partial charge in [0.1, 0.15) is 0 Å². The van der Waals surface area contributed by atoms with Gasteiger partial charge in [-0.25, -0.2) is 9.97 Å². The van der Waals surface area contributed by atoms with E-state index in [0.29, 0.717) is 12.5 Å². The first kappa shape index (κ1) is 6.95. The van der Waals surface area contributed by atoms with Gasteiger partial charge >= 0.3 is 0 Å². The quantitative estimate of drug-likeness (QED) is 0.564. The monoisotopic (exact) mass is 138 g/mol. The van der Waals surface area contributed by atoms with E-state index in [4.69, 9.17) is 11.5 Å². The molecule has 4 N–H and O–H groups in total. The number of rotatable bonds is 1. The molecule has 0 spiro atoms. The van der Waals surface area contributed by atoms with Crippen LogP contribution in [0.15, 0.2) is 6.07 Å². The molecule has 1 aromatic heterocycles. The van der Waals surface area contributed by atoms with E-state index in [1.165, 1.54) is 0 Å². The lowest BCUT2D eigenvalue weighted by Gasteiger charge is -1.98. The third kappa shape index (κ3) is 1.41. The molecule has 4 nitrogen and oxygen atoms in total. The Bertz CT molecular complexity index is 213. The molecule has 0 saturated carbocycles. The third-order valence-corrected chi connectivity index (χ3v) is 1.13. The predicted molar refractivity (Wildman–Crippen MR) is 39.1 cm³/mol. The minimum absolute atomic E-state index is 0.292. The van der Waals surface area contributed by atoms with Crippen molar-refractivity contribution in [2.45, 2.75) is 13.5 Å². The first-order valence-electron chi connectivity index (χ1n) is 3.02. The zero-order valence-corrected chi connectivity index (χ0v) is 5.83. The van der Waals surface area contributed by atoms with E-state index in [1.807, 2.05) is 13.0 Å². The standard InChI is InChI=1S/C6H10N4/c1-4-2-5(3-7)10-6(8)9-4/h2H,3,7H2,1H3,(H2,8,9,10). The van der Waals surface area contributed by atoms with Crippen LogP contribution in [-0.4, -0.2) is 9.97 Å². The van der Waals surface area contributed by atoms with Crippen molar-refractivity contribution >= 4 is 5.95 Å². The average Bonchev–Trinajstić information content (AvgIpc) is 1.85. The SMILES string of the molecule is Cc1cc(CN)nc(N)n1. The van der Waals surface area contributed by atoms with Crippen LogP contribution in [0.2, 0.25) is 0 Å². The van der Waals surface area contributed by atoms with Gasteiger partial charge in [0, 0.05) is 12.2 Å². The number of hydrogen-bond donors (Lipinski definition) is 2. The molecule has 0 radical (unpaired) electrons. The molecule has 0 bridgehead atoms. The summed E-state index contributed by atoms with van der Waals surface area (Å²) in [7, 11) is 0. The van der Waals surface area contributed by atoms with E-state index in [0.717, 1.165) is 11.4 Å². The number of nitrogens with zero attached hydrogens (tertiary/aromatic N) is 2. The number of aromatic nitrogens is 2. The summed E-state index contributed by atoms with van der Waals surface area (Å²) in [6.07, 6.45) is 0. The van der Waals surface area contributed by atoms with Gasteiger partial charge in [-0.3, -0.25) is 0 Å². The van der Waals surface area contributed by atoms with Gasteiger partial charge in [-0.1, -0.05) is 0 Å². The van der Waals surface area contributed by atoms with Crippen LogP contribution in [0.1, 0.15) is 11.4 Å². The molecule has 54 valence electrons. The molecule has 0 unspecified atom stereocenters. The van der Waals surface area contributed by atoms with E-state index < -0.39 is 0 Å². The van der Waals surface area contributed by atoms with Crippen molar-refractivity contribution in [1.82, 2.24) is 9.97 Å². The number of nitrogens with two attached hydrogens (primary N) is 2. The number of aryl methyl sites for hydroxylation is 1. The van der Waals surface area contributed by atoms with Crippen LogP contribution >= 0.6 is 0 Å². The van der Waals surface area contributed by atoms with Crippen LogP contribution in [0.4, 0.5) is 5.95 Å². The molecule has 0 aliphatic heterocycles. The molecule has 1 rings (SSSR count). The van der Waals surface area contributed by atoms with Crippen molar-refractivity contribution in [3.63, 3.8) is 0 Å². The largest absolute Gasteiger partial charge is 0.368 e. The molecule has 1 heterocycles. The Labute approximate surface area is 59.3 Å². The van der Waals surface area contributed by atoms with E-state index in [1.54, 1.807) is 0 Å². The summed E-state index contributed by atoms with van der Waals surface area (Å²) in [5.74, 6) is 0.292. The normalized spacial score (nSPS) is 9.80. The highest BCUT2D eigenvalue weighted by Crippen LogP contribution is 1.99. The first-order chi connectivity index (χ1) is 4.72. The molecule has 0 aromatic carbocycles. The summed E-state index contributed by atoms with van der Waals surface area (Å²) >= 11 is 0. The highest BCUT2D eigenvalue weighted by atomic mass is 15.0. The summed E-state index contributed by atoms with van der Waals surface area (Å²) in [4.78, 5) is 7.79. The smallest absolute Gasteiger partial charge is 0.220 e. The highest BCUT2D eigenvalue weighted by molar-refractivity contribution is 5.21. The second-order valence-electron chi connectivity index (χ2n) is 2.06. The van der Waals surface area contributed by atoms with Crippen LogP contribution in [0.5, 0.6) is 0 Å².